The molecule has 0 radical (unpaired) electrons. The minimum atomic E-state index is -0.651. The van der Waals surface area contributed by atoms with Crippen molar-refractivity contribution in [2.45, 2.75) is 58.7 Å². The highest BCUT2D eigenvalue weighted by Crippen LogP contribution is 2.17. The smallest absolute Gasteiger partial charge is 0.272 e. The largest absolute Gasteiger partial charge is 0.391 e. The summed E-state index contributed by atoms with van der Waals surface area (Å²) < 4.78 is 1.84. The molecule has 1 heterocycles. The SMILES string of the molecule is Cc1cc(C(=O)NC(C)C(O)Cc2ccccc2)nn1C(C)(C)C. The standard InChI is InChI=1S/C19H27N3O2/c1-13-11-16(21-22(13)19(3,4)5)18(24)20-14(2)17(23)12-15-9-7-6-8-10-15/h6-11,14,17,23H,12H2,1-5H3,(H,20,24). The Bertz CT molecular complexity index is 686. The third-order valence-electron chi connectivity index (χ3n) is 3.98. The monoisotopic (exact) mass is 329 g/mol. The lowest BCUT2D eigenvalue weighted by atomic mass is 10.0. The van der Waals surface area contributed by atoms with Crippen molar-refractivity contribution in [2.75, 3.05) is 0 Å². The van der Waals surface area contributed by atoms with Gasteiger partial charge in [-0.05, 0) is 46.2 Å². The maximum Gasteiger partial charge on any atom is 0.272 e. The van der Waals surface area contributed by atoms with Gasteiger partial charge < -0.3 is 10.4 Å². The van der Waals surface area contributed by atoms with E-state index in [1.54, 1.807) is 13.0 Å². The van der Waals surface area contributed by atoms with Gasteiger partial charge in [-0.1, -0.05) is 30.3 Å². The zero-order valence-corrected chi connectivity index (χ0v) is 15.1. The fraction of sp³-hybridized carbons (Fsp3) is 0.474. The van der Waals surface area contributed by atoms with E-state index < -0.39 is 6.10 Å². The van der Waals surface area contributed by atoms with E-state index in [1.807, 2.05) is 62.7 Å². The highest BCUT2D eigenvalue weighted by Gasteiger charge is 2.23. The molecule has 0 aliphatic rings. The molecule has 24 heavy (non-hydrogen) atoms. The minimum Gasteiger partial charge on any atom is -0.391 e. The van der Waals surface area contributed by atoms with Crippen molar-refractivity contribution in [3.8, 4) is 0 Å². The molecule has 2 N–H and O–H groups in total. The van der Waals surface area contributed by atoms with Crippen LogP contribution in [0.2, 0.25) is 0 Å². The molecule has 2 aromatic rings. The molecule has 5 heteroatoms. The Morgan fingerprint density at radius 3 is 2.46 bits per heavy atom. The maximum absolute atomic E-state index is 12.4. The lowest BCUT2D eigenvalue weighted by Gasteiger charge is -2.21. The molecule has 130 valence electrons. The van der Waals surface area contributed by atoms with E-state index in [2.05, 4.69) is 10.4 Å². The second-order valence-corrected chi connectivity index (χ2v) is 7.27. The summed E-state index contributed by atoms with van der Waals surface area (Å²) in [4.78, 5) is 12.4. The van der Waals surface area contributed by atoms with Gasteiger partial charge in [-0.25, -0.2) is 0 Å². The Hall–Kier alpha value is -2.14. The van der Waals surface area contributed by atoms with Crippen molar-refractivity contribution in [1.82, 2.24) is 15.1 Å². The van der Waals surface area contributed by atoms with Crippen LogP contribution in [0.5, 0.6) is 0 Å². The van der Waals surface area contributed by atoms with Crippen LogP contribution in [0.4, 0.5) is 0 Å². The molecule has 0 bridgehead atoms. The first-order valence-corrected chi connectivity index (χ1v) is 8.28. The van der Waals surface area contributed by atoms with Gasteiger partial charge in [0.25, 0.3) is 5.91 Å². The van der Waals surface area contributed by atoms with E-state index in [0.29, 0.717) is 12.1 Å². The Morgan fingerprint density at radius 2 is 1.92 bits per heavy atom. The van der Waals surface area contributed by atoms with Crippen molar-refractivity contribution >= 4 is 5.91 Å². The Balaban J connectivity index is 2.01. The van der Waals surface area contributed by atoms with Gasteiger partial charge in [0, 0.05) is 12.1 Å². The summed E-state index contributed by atoms with van der Waals surface area (Å²) in [5.74, 6) is -0.263. The number of aliphatic hydroxyl groups is 1. The van der Waals surface area contributed by atoms with E-state index in [-0.39, 0.29) is 17.5 Å². The maximum atomic E-state index is 12.4. The zero-order chi connectivity index (χ0) is 17.9. The summed E-state index contributed by atoms with van der Waals surface area (Å²) in [6.07, 6.45) is -0.153. The number of amides is 1. The van der Waals surface area contributed by atoms with Crippen molar-refractivity contribution in [3.05, 3.63) is 53.3 Å². The predicted molar refractivity (Wildman–Crippen MR) is 95.0 cm³/mol. The lowest BCUT2D eigenvalue weighted by molar-refractivity contribution is 0.0845. The van der Waals surface area contributed by atoms with Crippen LogP contribution in [-0.2, 0) is 12.0 Å². The van der Waals surface area contributed by atoms with Crippen molar-refractivity contribution < 1.29 is 9.90 Å². The number of aliphatic hydroxyl groups excluding tert-OH is 1. The molecule has 0 aliphatic carbocycles. The fourth-order valence-electron chi connectivity index (χ4n) is 2.67. The number of carbonyl (C=O) groups is 1. The first kappa shape index (κ1) is 18.2. The topological polar surface area (TPSA) is 67.2 Å². The molecular weight excluding hydrogens is 302 g/mol. The van der Waals surface area contributed by atoms with E-state index in [4.69, 9.17) is 0 Å². The van der Waals surface area contributed by atoms with Crippen LogP contribution in [0.1, 0.15) is 49.4 Å². The molecular formula is C19H27N3O2. The number of nitrogens with one attached hydrogen (secondary N) is 1. The van der Waals surface area contributed by atoms with E-state index in [9.17, 15) is 9.90 Å². The first-order valence-electron chi connectivity index (χ1n) is 8.28. The van der Waals surface area contributed by atoms with Gasteiger partial charge in [0.2, 0.25) is 0 Å². The molecule has 1 aromatic carbocycles. The molecule has 5 nitrogen and oxygen atoms in total. The van der Waals surface area contributed by atoms with Crippen molar-refractivity contribution in [2.24, 2.45) is 0 Å². The average Bonchev–Trinajstić information content (AvgIpc) is 2.90. The summed E-state index contributed by atoms with van der Waals surface area (Å²) in [5, 5.41) is 17.6. The van der Waals surface area contributed by atoms with Crippen LogP contribution in [-0.4, -0.2) is 32.9 Å². The van der Waals surface area contributed by atoms with Gasteiger partial charge in [-0.3, -0.25) is 9.48 Å². The first-order chi connectivity index (χ1) is 11.2. The second kappa shape index (κ2) is 7.18. The Kier molecular flexibility index (Phi) is 5.44. The molecule has 0 aliphatic heterocycles. The highest BCUT2D eigenvalue weighted by atomic mass is 16.3. The van der Waals surface area contributed by atoms with Gasteiger partial charge in [-0.15, -0.1) is 0 Å². The summed E-state index contributed by atoms with van der Waals surface area (Å²) in [6.45, 7) is 9.87. The average molecular weight is 329 g/mol. The number of rotatable bonds is 5. The van der Waals surface area contributed by atoms with Gasteiger partial charge in [-0.2, -0.15) is 5.10 Å². The number of benzene rings is 1. The molecule has 0 fully saturated rings. The van der Waals surface area contributed by atoms with Crippen LogP contribution < -0.4 is 5.32 Å². The fourth-order valence-corrected chi connectivity index (χ4v) is 2.67. The van der Waals surface area contributed by atoms with Gasteiger partial charge >= 0.3 is 0 Å². The molecule has 2 rings (SSSR count). The normalized spacial score (nSPS) is 14.2. The summed E-state index contributed by atoms with van der Waals surface area (Å²) >= 11 is 0. The molecule has 0 saturated heterocycles. The lowest BCUT2D eigenvalue weighted by Crippen LogP contribution is -2.42. The number of aryl methyl sites for hydroxylation is 1. The molecule has 0 saturated carbocycles. The summed E-state index contributed by atoms with van der Waals surface area (Å²) in [7, 11) is 0. The van der Waals surface area contributed by atoms with Crippen LogP contribution >= 0.6 is 0 Å². The number of aromatic nitrogens is 2. The quantitative estimate of drug-likeness (QED) is 0.886. The minimum absolute atomic E-state index is 0.180. The third kappa shape index (κ3) is 4.45. The highest BCUT2D eigenvalue weighted by molar-refractivity contribution is 5.92. The molecule has 1 amide bonds. The molecule has 2 unspecified atom stereocenters. The van der Waals surface area contributed by atoms with Gasteiger partial charge in [0.15, 0.2) is 0 Å². The molecule has 1 aromatic heterocycles. The van der Waals surface area contributed by atoms with E-state index >= 15 is 0 Å². The number of nitrogens with zero attached hydrogens (tertiary/aromatic N) is 2. The Labute approximate surface area is 143 Å². The summed E-state index contributed by atoms with van der Waals surface area (Å²) in [6, 6.07) is 11.2. The van der Waals surface area contributed by atoms with E-state index in [0.717, 1.165) is 11.3 Å². The van der Waals surface area contributed by atoms with Crippen LogP contribution in [0.15, 0.2) is 36.4 Å². The number of hydrogen-bond acceptors (Lipinski definition) is 3. The van der Waals surface area contributed by atoms with Crippen LogP contribution in [0.25, 0.3) is 0 Å². The van der Waals surface area contributed by atoms with Crippen LogP contribution in [0, 0.1) is 6.92 Å². The molecule has 2 atom stereocenters. The zero-order valence-electron chi connectivity index (χ0n) is 15.1. The number of hydrogen-bond donors (Lipinski definition) is 2. The van der Waals surface area contributed by atoms with Crippen LogP contribution in [0.3, 0.4) is 0 Å². The Morgan fingerprint density at radius 1 is 1.29 bits per heavy atom. The summed E-state index contributed by atoms with van der Waals surface area (Å²) in [5.41, 5.74) is 2.17. The predicted octanol–water partition coefficient (Wildman–Crippen LogP) is 2.67. The number of carbonyl (C=O) groups excluding carboxylic acids is 1. The van der Waals surface area contributed by atoms with Crippen molar-refractivity contribution in [3.63, 3.8) is 0 Å². The van der Waals surface area contributed by atoms with Gasteiger partial charge in [0.1, 0.15) is 5.69 Å². The van der Waals surface area contributed by atoms with E-state index in [1.165, 1.54) is 0 Å². The van der Waals surface area contributed by atoms with Crippen molar-refractivity contribution in [1.29, 1.82) is 0 Å². The second-order valence-electron chi connectivity index (χ2n) is 7.27. The third-order valence-corrected chi connectivity index (χ3v) is 3.98. The molecule has 0 spiro atoms. The van der Waals surface area contributed by atoms with Gasteiger partial charge in [0.05, 0.1) is 17.7 Å².